The molecule has 1 aromatic carbocycles. The third-order valence-electron chi connectivity index (χ3n) is 4.66. The summed E-state index contributed by atoms with van der Waals surface area (Å²) in [5.74, 6) is 0.831. The van der Waals surface area contributed by atoms with E-state index in [9.17, 15) is 5.26 Å². The van der Waals surface area contributed by atoms with Crippen molar-refractivity contribution in [2.75, 3.05) is 5.43 Å². The highest BCUT2D eigenvalue weighted by atomic mass is 15.3. The lowest BCUT2D eigenvalue weighted by atomic mass is 10.0. The second-order valence-corrected chi connectivity index (χ2v) is 6.21. The monoisotopic (exact) mass is 354 g/mol. The molecule has 0 amide bonds. The summed E-state index contributed by atoms with van der Waals surface area (Å²) in [5.41, 5.74) is 9.10. The highest BCUT2D eigenvalue weighted by Crippen LogP contribution is 2.31. The molecular formula is C21H18N6. The zero-order chi connectivity index (χ0) is 18.8. The van der Waals surface area contributed by atoms with Gasteiger partial charge in [-0.2, -0.15) is 10.4 Å². The Balaban J connectivity index is 1.95. The number of hydrogen-bond donors (Lipinski definition) is 1. The Bertz CT molecular complexity index is 1200. The van der Waals surface area contributed by atoms with Gasteiger partial charge in [0.15, 0.2) is 5.65 Å². The van der Waals surface area contributed by atoms with Gasteiger partial charge in [0, 0.05) is 18.0 Å². The first-order valence-corrected chi connectivity index (χ1v) is 8.76. The third-order valence-corrected chi connectivity index (χ3v) is 4.66. The van der Waals surface area contributed by atoms with Gasteiger partial charge in [0.25, 0.3) is 0 Å². The number of fused-ring (bicyclic) bond motifs is 3. The van der Waals surface area contributed by atoms with E-state index in [1.165, 1.54) is 0 Å². The topological polar surface area (TPSA) is 78.4 Å². The lowest BCUT2D eigenvalue weighted by Crippen LogP contribution is -2.07. The van der Waals surface area contributed by atoms with Crippen molar-refractivity contribution in [1.82, 2.24) is 14.4 Å². The second kappa shape index (κ2) is 6.89. The standard InChI is InChI=1S/C21H18N6/c1-3-16-14(2)17(11-22)20-25-18-8-4-5-9-19(18)27(20)21(16)26-24-13-15-7-6-10-23-12-15/h4-10,12-13,26H,3H2,1-2H3/b24-13-. The van der Waals surface area contributed by atoms with Crippen molar-refractivity contribution in [2.24, 2.45) is 5.10 Å². The van der Waals surface area contributed by atoms with Crippen LogP contribution in [0.4, 0.5) is 5.82 Å². The van der Waals surface area contributed by atoms with Gasteiger partial charge in [-0.25, -0.2) is 4.98 Å². The number of benzene rings is 1. The molecule has 0 aliphatic heterocycles. The van der Waals surface area contributed by atoms with E-state index >= 15 is 0 Å². The maximum absolute atomic E-state index is 9.72. The van der Waals surface area contributed by atoms with Crippen LogP contribution in [0, 0.1) is 18.3 Å². The summed E-state index contributed by atoms with van der Waals surface area (Å²) in [6.07, 6.45) is 5.97. The number of nitrogens with one attached hydrogen (secondary N) is 1. The van der Waals surface area contributed by atoms with Crippen molar-refractivity contribution in [3.8, 4) is 6.07 Å². The van der Waals surface area contributed by atoms with Crippen LogP contribution in [-0.4, -0.2) is 20.6 Å². The highest BCUT2D eigenvalue weighted by Gasteiger charge is 2.19. The Morgan fingerprint density at radius 1 is 1.26 bits per heavy atom. The molecule has 27 heavy (non-hydrogen) atoms. The smallest absolute Gasteiger partial charge is 0.157 e. The molecule has 3 heterocycles. The molecule has 0 saturated carbocycles. The number of imidazole rings is 1. The Labute approximate surface area is 156 Å². The van der Waals surface area contributed by atoms with E-state index in [1.54, 1.807) is 18.6 Å². The summed E-state index contributed by atoms with van der Waals surface area (Å²) >= 11 is 0. The maximum atomic E-state index is 9.72. The summed E-state index contributed by atoms with van der Waals surface area (Å²) in [6.45, 7) is 4.04. The Morgan fingerprint density at radius 2 is 2.11 bits per heavy atom. The minimum Gasteiger partial charge on any atom is -0.276 e. The molecule has 3 aromatic heterocycles. The lowest BCUT2D eigenvalue weighted by Gasteiger charge is -2.15. The zero-order valence-corrected chi connectivity index (χ0v) is 15.1. The molecule has 0 aliphatic rings. The van der Waals surface area contributed by atoms with Crippen molar-refractivity contribution < 1.29 is 0 Å². The van der Waals surface area contributed by atoms with Gasteiger partial charge in [0.2, 0.25) is 0 Å². The average molecular weight is 354 g/mol. The first kappa shape index (κ1) is 16.7. The molecule has 0 radical (unpaired) electrons. The van der Waals surface area contributed by atoms with E-state index in [-0.39, 0.29) is 0 Å². The molecule has 6 heteroatoms. The van der Waals surface area contributed by atoms with Gasteiger partial charge in [-0.15, -0.1) is 0 Å². The van der Waals surface area contributed by atoms with Crippen LogP contribution in [0.2, 0.25) is 0 Å². The fourth-order valence-electron chi connectivity index (χ4n) is 3.36. The van der Waals surface area contributed by atoms with Gasteiger partial charge < -0.3 is 0 Å². The van der Waals surface area contributed by atoms with Gasteiger partial charge in [0.05, 0.1) is 22.8 Å². The van der Waals surface area contributed by atoms with Crippen LogP contribution >= 0.6 is 0 Å². The number of hydrogen-bond acceptors (Lipinski definition) is 5. The molecule has 6 nitrogen and oxygen atoms in total. The first-order valence-electron chi connectivity index (χ1n) is 8.76. The molecule has 0 saturated heterocycles. The summed E-state index contributed by atoms with van der Waals surface area (Å²) in [7, 11) is 0. The Morgan fingerprint density at radius 3 is 2.85 bits per heavy atom. The molecule has 4 aromatic rings. The van der Waals surface area contributed by atoms with Crippen molar-refractivity contribution in [3.05, 3.63) is 71.0 Å². The fourth-order valence-corrected chi connectivity index (χ4v) is 3.36. The van der Waals surface area contributed by atoms with Gasteiger partial charge >= 0.3 is 0 Å². The molecule has 0 fully saturated rings. The quantitative estimate of drug-likeness (QED) is 0.442. The molecule has 1 N–H and O–H groups in total. The Hall–Kier alpha value is -3.72. The van der Waals surface area contributed by atoms with Crippen LogP contribution in [0.25, 0.3) is 16.7 Å². The van der Waals surface area contributed by atoms with Crippen molar-refractivity contribution in [2.45, 2.75) is 20.3 Å². The van der Waals surface area contributed by atoms with Crippen LogP contribution in [0.1, 0.15) is 29.2 Å². The molecule has 0 atom stereocenters. The summed E-state index contributed by atoms with van der Waals surface area (Å²) < 4.78 is 1.99. The second-order valence-electron chi connectivity index (χ2n) is 6.21. The van der Waals surface area contributed by atoms with Crippen LogP contribution in [-0.2, 0) is 6.42 Å². The highest BCUT2D eigenvalue weighted by molar-refractivity contribution is 5.86. The number of rotatable bonds is 4. The predicted octanol–water partition coefficient (Wildman–Crippen LogP) is 4.07. The fraction of sp³-hybridized carbons (Fsp3) is 0.143. The SMILES string of the molecule is CCc1c(C)c(C#N)c2nc3ccccc3n2c1N/N=C\c1cccnc1. The zero-order valence-electron chi connectivity index (χ0n) is 15.1. The van der Waals surface area contributed by atoms with Crippen LogP contribution in [0.3, 0.4) is 0 Å². The van der Waals surface area contributed by atoms with E-state index in [0.29, 0.717) is 11.2 Å². The van der Waals surface area contributed by atoms with Crippen molar-refractivity contribution in [3.63, 3.8) is 0 Å². The maximum Gasteiger partial charge on any atom is 0.157 e. The predicted molar refractivity (Wildman–Crippen MR) is 107 cm³/mol. The van der Waals surface area contributed by atoms with E-state index in [0.717, 1.165) is 40.0 Å². The van der Waals surface area contributed by atoms with Crippen LogP contribution in [0.5, 0.6) is 0 Å². The van der Waals surface area contributed by atoms with E-state index in [4.69, 9.17) is 0 Å². The van der Waals surface area contributed by atoms with Crippen LogP contribution in [0.15, 0.2) is 53.9 Å². The molecule has 0 spiro atoms. The number of anilines is 1. The molecule has 4 rings (SSSR count). The molecular weight excluding hydrogens is 336 g/mol. The van der Waals surface area contributed by atoms with Gasteiger partial charge in [-0.3, -0.25) is 14.8 Å². The minimum absolute atomic E-state index is 0.602. The van der Waals surface area contributed by atoms with Crippen molar-refractivity contribution in [1.29, 1.82) is 5.26 Å². The molecule has 0 aliphatic carbocycles. The third kappa shape index (κ3) is 2.79. The summed E-state index contributed by atoms with van der Waals surface area (Å²) in [4.78, 5) is 8.78. The summed E-state index contributed by atoms with van der Waals surface area (Å²) in [5, 5.41) is 14.1. The number of aromatic nitrogens is 3. The van der Waals surface area contributed by atoms with Crippen molar-refractivity contribution >= 4 is 28.7 Å². The number of pyridine rings is 2. The van der Waals surface area contributed by atoms with Gasteiger partial charge in [-0.1, -0.05) is 25.1 Å². The van der Waals surface area contributed by atoms with Gasteiger partial charge in [0.1, 0.15) is 11.9 Å². The molecule has 132 valence electrons. The normalized spacial score (nSPS) is 11.3. The first-order chi connectivity index (χ1) is 13.2. The number of nitrogens with zero attached hydrogens (tertiary/aromatic N) is 5. The van der Waals surface area contributed by atoms with Gasteiger partial charge in [-0.05, 0) is 42.7 Å². The number of hydrazone groups is 1. The average Bonchev–Trinajstić information content (AvgIpc) is 3.08. The lowest BCUT2D eigenvalue weighted by molar-refractivity contribution is 1.04. The largest absolute Gasteiger partial charge is 0.276 e. The number of nitriles is 1. The molecule has 0 bridgehead atoms. The number of para-hydroxylation sites is 2. The Kier molecular flexibility index (Phi) is 4.27. The van der Waals surface area contributed by atoms with E-state index in [1.807, 2.05) is 47.7 Å². The van der Waals surface area contributed by atoms with E-state index < -0.39 is 0 Å². The van der Waals surface area contributed by atoms with E-state index in [2.05, 4.69) is 33.5 Å². The minimum atomic E-state index is 0.602. The summed E-state index contributed by atoms with van der Waals surface area (Å²) in [6, 6.07) is 14.0. The van der Waals surface area contributed by atoms with Crippen LogP contribution < -0.4 is 5.43 Å². The molecule has 0 unspecified atom stereocenters.